The third-order valence-electron chi connectivity index (χ3n) is 4.72. The van der Waals surface area contributed by atoms with E-state index in [0.717, 1.165) is 6.42 Å². The molecular formula is C17H23N3O4. The van der Waals surface area contributed by atoms with Crippen molar-refractivity contribution in [1.29, 1.82) is 0 Å². The van der Waals surface area contributed by atoms with E-state index in [0.29, 0.717) is 51.3 Å². The summed E-state index contributed by atoms with van der Waals surface area (Å²) in [6.07, 6.45) is 3.56. The van der Waals surface area contributed by atoms with Gasteiger partial charge in [0.2, 0.25) is 11.8 Å². The number of carbonyl (C=O) groups is 3. The van der Waals surface area contributed by atoms with Crippen molar-refractivity contribution in [2.75, 3.05) is 32.7 Å². The molecule has 1 aromatic rings. The van der Waals surface area contributed by atoms with Gasteiger partial charge in [-0.05, 0) is 31.4 Å². The SMILES string of the molecule is CCCNC(=O)C1(C(=O)N2CCN(C(=O)c3ccco3)CC2)CC1. The van der Waals surface area contributed by atoms with Crippen LogP contribution in [0.25, 0.3) is 0 Å². The van der Waals surface area contributed by atoms with E-state index in [4.69, 9.17) is 4.42 Å². The average molecular weight is 333 g/mol. The van der Waals surface area contributed by atoms with Gasteiger partial charge in [0.1, 0.15) is 5.41 Å². The third-order valence-corrected chi connectivity index (χ3v) is 4.72. The summed E-state index contributed by atoms with van der Waals surface area (Å²) in [6.45, 7) is 4.40. The normalized spacial score (nSPS) is 19.0. The monoisotopic (exact) mass is 333 g/mol. The molecule has 2 aliphatic rings. The fraction of sp³-hybridized carbons (Fsp3) is 0.588. The zero-order valence-corrected chi connectivity index (χ0v) is 13.9. The summed E-state index contributed by atoms with van der Waals surface area (Å²) < 4.78 is 5.13. The smallest absolute Gasteiger partial charge is 0.289 e. The van der Waals surface area contributed by atoms with Gasteiger partial charge < -0.3 is 19.5 Å². The number of furan rings is 1. The van der Waals surface area contributed by atoms with Crippen LogP contribution in [0, 0.1) is 5.41 Å². The molecule has 1 aromatic heterocycles. The largest absolute Gasteiger partial charge is 0.459 e. The molecule has 1 saturated carbocycles. The summed E-state index contributed by atoms with van der Waals surface area (Å²) >= 11 is 0. The lowest BCUT2D eigenvalue weighted by Crippen LogP contribution is -2.54. The highest BCUT2D eigenvalue weighted by atomic mass is 16.3. The molecule has 3 rings (SSSR count). The zero-order valence-electron chi connectivity index (χ0n) is 13.9. The number of piperazine rings is 1. The minimum atomic E-state index is -0.859. The molecule has 0 bridgehead atoms. The van der Waals surface area contributed by atoms with Crippen LogP contribution in [0.1, 0.15) is 36.7 Å². The molecule has 3 amide bonds. The molecule has 0 radical (unpaired) electrons. The summed E-state index contributed by atoms with van der Waals surface area (Å²) in [5.41, 5.74) is -0.859. The van der Waals surface area contributed by atoms with E-state index in [1.165, 1.54) is 6.26 Å². The summed E-state index contributed by atoms with van der Waals surface area (Å²) in [6, 6.07) is 3.32. The van der Waals surface area contributed by atoms with Crippen LogP contribution < -0.4 is 5.32 Å². The maximum Gasteiger partial charge on any atom is 0.289 e. The number of hydrogen-bond donors (Lipinski definition) is 1. The quantitative estimate of drug-likeness (QED) is 0.811. The Balaban J connectivity index is 1.56. The molecule has 0 atom stereocenters. The Kier molecular flexibility index (Phi) is 4.59. The van der Waals surface area contributed by atoms with Crippen LogP contribution in [0.4, 0.5) is 0 Å². The van der Waals surface area contributed by atoms with Crippen molar-refractivity contribution < 1.29 is 18.8 Å². The van der Waals surface area contributed by atoms with Crippen molar-refractivity contribution >= 4 is 17.7 Å². The molecule has 2 fully saturated rings. The minimum absolute atomic E-state index is 0.0961. The molecule has 1 saturated heterocycles. The number of nitrogens with one attached hydrogen (secondary N) is 1. The van der Waals surface area contributed by atoms with Crippen LogP contribution in [0.2, 0.25) is 0 Å². The molecule has 7 nitrogen and oxygen atoms in total. The molecule has 1 aliphatic carbocycles. The molecule has 1 aliphatic heterocycles. The molecular weight excluding hydrogens is 310 g/mol. The molecule has 1 N–H and O–H groups in total. The van der Waals surface area contributed by atoms with Crippen molar-refractivity contribution in [3.8, 4) is 0 Å². The van der Waals surface area contributed by atoms with Gasteiger partial charge in [0.05, 0.1) is 6.26 Å². The summed E-state index contributed by atoms with van der Waals surface area (Å²) in [5.74, 6) is -0.0917. The second-order valence-corrected chi connectivity index (χ2v) is 6.40. The first-order valence-electron chi connectivity index (χ1n) is 8.49. The topological polar surface area (TPSA) is 82.9 Å². The van der Waals surface area contributed by atoms with Crippen LogP contribution in [0.3, 0.4) is 0 Å². The molecule has 7 heteroatoms. The zero-order chi connectivity index (χ0) is 17.2. The summed E-state index contributed by atoms with van der Waals surface area (Å²) in [4.78, 5) is 40.6. The van der Waals surface area contributed by atoms with Gasteiger partial charge in [-0.15, -0.1) is 0 Å². The van der Waals surface area contributed by atoms with Gasteiger partial charge in [-0.25, -0.2) is 0 Å². The van der Waals surface area contributed by atoms with E-state index in [1.807, 2.05) is 6.92 Å². The Bertz CT molecular complexity index is 614. The van der Waals surface area contributed by atoms with Gasteiger partial charge in [-0.2, -0.15) is 0 Å². The predicted molar refractivity (Wildman–Crippen MR) is 86.2 cm³/mol. The fourth-order valence-electron chi connectivity index (χ4n) is 3.04. The lowest BCUT2D eigenvalue weighted by atomic mass is 10.0. The van der Waals surface area contributed by atoms with Crippen molar-refractivity contribution in [2.24, 2.45) is 5.41 Å². The van der Waals surface area contributed by atoms with E-state index in [2.05, 4.69) is 5.32 Å². The number of nitrogens with zero attached hydrogens (tertiary/aromatic N) is 2. The summed E-state index contributed by atoms with van der Waals surface area (Å²) in [5, 5.41) is 2.84. The van der Waals surface area contributed by atoms with Gasteiger partial charge in [0.25, 0.3) is 5.91 Å². The lowest BCUT2D eigenvalue weighted by Gasteiger charge is -2.36. The predicted octanol–water partition coefficient (Wildman–Crippen LogP) is 0.870. The van der Waals surface area contributed by atoms with Gasteiger partial charge in [-0.3, -0.25) is 14.4 Å². The standard InChI is InChI=1S/C17H23N3O4/c1-2-7-18-15(22)17(5-6-17)16(23)20-10-8-19(9-11-20)14(21)13-4-3-12-24-13/h3-4,12H,2,5-11H2,1H3,(H,18,22). The molecule has 0 spiro atoms. The Hall–Kier alpha value is -2.31. The summed E-state index contributed by atoms with van der Waals surface area (Å²) in [7, 11) is 0. The molecule has 130 valence electrons. The van der Waals surface area contributed by atoms with Crippen molar-refractivity contribution in [1.82, 2.24) is 15.1 Å². The van der Waals surface area contributed by atoms with Crippen molar-refractivity contribution in [3.63, 3.8) is 0 Å². The number of amides is 3. The Morgan fingerprint density at radius 1 is 1.17 bits per heavy atom. The van der Waals surface area contributed by atoms with Gasteiger partial charge in [0, 0.05) is 32.7 Å². The number of carbonyl (C=O) groups excluding carboxylic acids is 3. The third kappa shape index (κ3) is 3.02. The van der Waals surface area contributed by atoms with Crippen molar-refractivity contribution in [2.45, 2.75) is 26.2 Å². The Morgan fingerprint density at radius 3 is 2.38 bits per heavy atom. The van der Waals surface area contributed by atoms with Gasteiger partial charge >= 0.3 is 0 Å². The van der Waals surface area contributed by atoms with E-state index >= 15 is 0 Å². The number of rotatable bonds is 5. The van der Waals surface area contributed by atoms with Gasteiger partial charge in [0.15, 0.2) is 5.76 Å². The van der Waals surface area contributed by atoms with Crippen LogP contribution in [-0.2, 0) is 9.59 Å². The highest BCUT2D eigenvalue weighted by Crippen LogP contribution is 2.47. The van der Waals surface area contributed by atoms with Crippen LogP contribution >= 0.6 is 0 Å². The average Bonchev–Trinajstić information content (AvgIpc) is 3.25. The van der Waals surface area contributed by atoms with Crippen LogP contribution in [0.15, 0.2) is 22.8 Å². The molecule has 0 aromatic carbocycles. The second kappa shape index (κ2) is 6.67. The maximum absolute atomic E-state index is 12.7. The first-order chi connectivity index (χ1) is 11.6. The second-order valence-electron chi connectivity index (χ2n) is 6.40. The van der Waals surface area contributed by atoms with Crippen LogP contribution in [-0.4, -0.2) is 60.2 Å². The van der Waals surface area contributed by atoms with Crippen molar-refractivity contribution in [3.05, 3.63) is 24.2 Å². The highest BCUT2D eigenvalue weighted by Gasteiger charge is 2.58. The molecule has 0 unspecified atom stereocenters. The Morgan fingerprint density at radius 2 is 1.83 bits per heavy atom. The molecule has 24 heavy (non-hydrogen) atoms. The number of hydrogen-bond acceptors (Lipinski definition) is 4. The maximum atomic E-state index is 12.7. The van der Waals surface area contributed by atoms with E-state index in [9.17, 15) is 14.4 Å². The molecule has 2 heterocycles. The van der Waals surface area contributed by atoms with E-state index < -0.39 is 5.41 Å². The minimum Gasteiger partial charge on any atom is -0.459 e. The lowest BCUT2D eigenvalue weighted by molar-refractivity contribution is -0.145. The van der Waals surface area contributed by atoms with Gasteiger partial charge in [-0.1, -0.05) is 6.92 Å². The fourth-order valence-corrected chi connectivity index (χ4v) is 3.04. The van der Waals surface area contributed by atoms with Crippen LogP contribution in [0.5, 0.6) is 0 Å². The highest BCUT2D eigenvalue weighted by molar-refractivity contribution is 6.08. The van der Waals surface area contributed by atoms with E-state index in [-0.39, 0.29) is 17.7 Å². The first-order valence-corrected chi connectivity index (χ1v) is 8.49. The first kappa shape index (κ1) is 16.5. The van der Waals surface area contributed by atoms with E-state index in [1.54, 1.807) is 21.9 Å². The Labute approximate surface area is 141 Å².